The molecule has 0 spiro atoms. The lowest BCUT2D eigenvalue weighted by Crippen LogP contribution is -2.19. The van der Waals surface area contributed by atoms with E-state index in [4.69, 9.17) is 23.2 Å². The second-order valence-corrected chi connectivity index (χ2v) is 5.36. The van der Waals surface area contributed by atoms with Crippen LogP contribution in [0.25, 0.3) is 0 Å². The smallest absolute Gasteiger partial charge is 0.308 e. The van der Waals surface area contributed by atoms with Gasteiger partial charge in [-0.15, -0.1) is 0 Å². The first-order valence-electron chi connectivity index (χ1n) is 5.34. The molecule has 0 saturated carbocycles. The second kappa shape index (κ2) is 6.28. The lowest BCUT2D eigenvalue weighted by atomic mass is 10.3. The highest BCUT2D eigenvalue weighted by molar-refractivity contribution is 9.10. The van der Waals surface area contributed by atoms with Crippen LogP contribution in [0.2, 0.25) is 10.0 Å². The predicted molar refractivity (Wildman–Crippen MR) is 83.2 cm³/mol. The molecule has 19 heavy (non-hydrogen) atoms. The molecule has 0 aliphatic heterocycles. The summed E-state index contributed by atoms with van der Waals surface area (Å²) in [6.07, 6.45) is 0. The minimum absolute atomic E-state index is 0.373. The largest absolute Gasteiger partial charge is 0.323 e. The highest BCUT2D eigenvalue weighted by Gasteiger charge is 2.06. The van der Waals surface area contributed by atoms with Crippen molar-refractivity contribution < 1.29 is 4.79 Å². The molecule has 2 amide bonds. The number of benzene rings is 2. The highest BCUT2D eigenvalue weighted by atomic mass is 79.9. The summed E-state index contributed by atoms with van der Waals surface area (Å²) >= 11 is 15.1. The van der Waals surface area contributed by atoms with Gasteiger partial charge in [0, 0.05) is 10.2 Å². The Morgan fingerprint density at radius 3 is 2.42 bits per heavy atom. The molecule has 0 aromatic heterocycles. The van der Waals surface area contributed by atoms with Gasteiger partial charge in [0.1, 0.15) is 0 Å². The van der Waals surface area contributed by atoms with Crippen molar-refractivity contribution in [1.29, 1.82) is 0 Å². The number of anilines is 2. The summed E-state index contributed by atoms with van der Waals surface area (Å²) in [5.74, 6) is 0. The Bertz CT molecular complexity index is 619. The molecule has 0 unspecified atom stereocenters. The van der Waals surface area contributed by atoms with E-state index in [0.29, 0.717) is 25.9 Å². The first kappa shape index (κ1) is 14.2. The van der Waals surface area contributed by atoms with E-state index in [0.717, 1.165) is 0 Å². The van der Waals surface area contributed by atoms with Crippen LogP contribution in [0.15, 0.2) is 46.9 Å². The van der Waals surface area contributed by atoms with Crippen LogP contribution < -0.4 is 10.6 Å². The molecule has 2 N–H and O–H groups in total. The van der Waals surface area contributed by atoms with Gasteiger partial charge in [0.2, 0.25) is 0 Å². The molecule has 0 radical (unpaired) electrons. The van der Waals surface area contributed by atoms with Crippen molar-refractivity contribution in [2.75, 3.05) is 10.6 Å². The zero-order valence-corrected chi connectivity index (χ0v) is 12.7. The normalized spacial score (nSPS) is 10.1. The molecule has 0 bridgehead atoms. The summed E-state index contributed by atoms with van der Waals surface area (Å²) in [5.41, 5.74) is 1.18. The van der Waals surface area contributed by atoms with Crippen molar-refractivity contribution in [3.63, 3.8) is 0 Å². The van der Waals surface area contributed by atoms with Crippen LogP contribution in [0.1, 0.15) is 0 Å². The van der Waals surface area contributed by atoms with Crippen molar-refractivity contribution in [2.24, 2.45) is 0 Å². The average Bonchev–Trinajstić information content (AvgIpc) is 2.37. The summed E-state index contributed by atoms with van der Waals surface area (Å²) in [6.45, 7) is 0. The number of halogens is 3. The third-order valence-corrected chi connectivity index (χ3v) is 3.84. The quantitative estimate of drug-likeness (QED) is 0.740. The Hall–Kier alpha value is -1.23. The standard InChI is InChI=1S/C13H9BrCl2N2O/c14-9-7-8(5-6-10(9)15)17-13(19)18-12-4-2-1-3-11(12)16/h1-7H,(H2,17,18,19). The maximum absolute atomic E-state index is 11.8. The van der Waals surface area contributed by atoms with E-state index in [1.54, 1.807) is 42.5 Å². The Labute approximate surface area is 129 Å². The molecule has 0 aliphatic rings. The second-order valence-electron chi connectivity index (χ2n) is 3.69. The van der Waals surface area contributed by atoms with Gasteiger partial charge in [-0.05, 0) is 46.3 Å². The van der Waals surface area contributed by atoms with Crippen LogP contribution in [0, 0.1) is 0 Å². The number of urea groups is 1. The van der Waals surface area contributed by atoms with E-state index in [1.165, 1.54) is 0 Å². The molecule has 2 aromatic rings. The number of rotatable bonds is 2. The molecule has 0 saturated heterocycles. The fourth-order valence-electron chi connectivity index (χ4n) is 1.42. The van der Waals surface area contributed by atoms with Gasteiger partial charge in [0.05, 0.1) is 15.7 Å². The van der Waals surface area contributed by atoms with Gasteiger partial charge >= 0.3 is 6.03 Å². The molecule has 0 fully saturated rings. The fourth-order valence-corrected chi connectivity index (χ4v) is 2.10. The summed E-state index contributed by atoms with van der Waals surface area (Å²) < 4.78 is 0.713. The summed E-state index contributed by atoms with van der Waals surface area (Å²) in [7, 11) is 0. The zero-order valence-electron chi connectivity index (χ0n) is 9.58. The van der Waals surface area contributed by atoms with E-state index >= 15 is 0 Å². The van der Waals surface area contributed by atoms with E-state index in [2.05, 4.69) is 26.6 Å². The SMILES string of the molecule is O=C(Nc1ccc(Cl)c(Br)c1)Nc1ccccc1Cl. The molecular formula is C13H9BrCl2N2O. The Balaban J connectivity index is 2.05. The van der Waals surface area contributed by atoms with E-state index in [9.17, 15) is 4.79 Å². The van der Waals surface area contributed by atoms with Crippen LogP contribution in [-0.4, -0.2) is 6.03 Å². The molecule has 2 rings (SSSR count). The van der Waals surface area contributed by atoms with Crippen LogP contribution in [0.4, 0.5) is 16.2 Å². The molecule has 0 aliphatic carbocycles. The molecule has 0 atom stereocenters. The Kier molecular flexibility index (Phi) is 4.69. The summed E-state index contributed by atoms with van der Waals surface area (Å²) in [6, 6.07) is 11.8. The Morgan fingerprint density at radius 1 is 1.00 bits per heavy atom. The van der Waals surface area contributed by atoms with Crippen LogP contribution >= 0.6 is 39.1 Å². The third-order valence-electron chi connectivity index (χ3n) is 2.30. The van der Waals surface area contributed by atoms with Crippen molar-refractivity contribution in [2.45, 2.75) is 0 Å². The van der Waals surface area contributed by atoms with E-state index < -0.39 is 0 Å². The maximum atomic E-state index is 11.8. The number of carbonyl (C=O) groups excluding carboxylic acids is 1. The highest BCUT2D eigenvalue weighted by Crippen LogP contribution is 2.26. The van der Waals surface area contributed by atoms with Gasteiger partial charge in [-0.3, -0.25) is 0 Å². The van der Waals surface area contributed by atoms with Crippen molar-refractivity contribution >= 4 is 56.5 Å². The van der Waals surface area contributed by atoms with Gasteiger partial charge in [-0.25, -0.2) is 4.79 Å². The molecular weight excluding hydrogens is 351 g/mol. The van der Waals surface area contributed by atoms with Crippen molar-refractivity contribution in [3.8, 4) is 0 Å². The number of amides is 2. The first-order valence-corrected chi connectivity index (χ1v) is 6.89. The lowest BCUT2D eigenvalue weighted by Gasteiger charge is -2.09. The number of nitrogens with one attached hydrogen (secondary N) is 2. The fraction of sp³-hybridized carbons (Fsp3) is 0. The van der Waals surface area contributed by atoms with Crippen LogP contribution in [0.5, 0.6) is 0 Å². The molecule has 98 valence electrons. The van der Waals surface area contributed by atoms with Crippen LogP contribution in [-0.2, 0) is 0 Å². The number of para-hydroxylation sites is 1. The monoisotopic (exact) mass is 358 g/mol. The van der Waals surface area contributed by atoms with Gasteiger partial charge in [-0.1, -0.05) is 35.3 Å². The van der Waals surface area contributed by atoms with Gasteiger partial charge in [0.25, 0.3) is 0 Å². The topological polar surface area (TPSA) is 41.1 Å². The van der Waals surface area contributed by atoms with Crippen LogP contribution in [0.3, 0.4) is 0 Å². The lowest BCUT2D eigenvalue weighted by molar-refractivity contribution is 0.262. The molecule has 0 heterocycles. The number of carbonyl (C=O) groups is 1. The van der Waals surface area contributed by atoms with Crippen molar-refractivity contribution in [1.82, 2.24) is 0 Å². The van der Waals surface area contributed by atoms with Crippen molar-refractivity contribution in [3.05, 3.63) is 57.0 Å². The average molecular weight is 360 g/mol. The molecule has 6 heteroatoms. The molecule has 2 aromatic carbocycles. The number of hydrogen-bond donors (Lipinski definition) is 2. The number of hydrogen-bond acceptors (Lipinski definition) is 1. The van der Waals surface area contributed by atoms with Gasteiger partial charge < -0.3 is 10.6 Å². The first-order chi connectivity index (χ1) is 9.06. The third kappa shape index (κ3) is 3.86. The minimum Gasteiger partial charge on any atom is -0.308 e. The van der Waals surface area contributed by atoms with E-state index in [1.807, 2.05) is 0 Å². The van der Waals surface area contributed by atoms with Gasteiger partial charge in [0.15, 0.2) is 0 Å². The summed E-state index contributed by atoms with van der Waals surface area (Å²) in [4.78, 5) is 11.8. The summed E-state index contributed by atoms with van der Waals surface area (Å²) in [5, 5.41) is 6.41. The van der Waals surface area contributed by atoms with Gasteiger partial charge in [-0.2, -0.15) is 0 Å². The minimum atomic E-state index is -0.373. The van der Waals surface area contributed by atoms with E-state index in [-0.39, 0.29) is 6.03 Å². The predicted octanol–water partition coefficient (Wildman–Crippen LogP) is 5.40. The maximum Gasteiger partial charge on any atom is 0.323 e. The Morgan fingerprint density at radius 2 is 1.74 bits per heavy atom. The molecule has 3 nitrogen and oxygen atoms in total. The zero-order chi connectivity index (χ0) is 13.8.